The minimum atomic E-state index is -1.29. The van der Waals surface area contributed by atoms with E-state index >= 15 is 0 Å². The lowest BCUT2D eigenvalue weighted by atomic mass is 10.0. The molecule has 0 radical (unpaired) electrons. The Hall–Kier alpha value is -4.45. The Morgan fingerprint density at radius 1 is 0.800 bits per heavy atom. The van der Waals surface area contributed by atoms with Crippen LogP contribution in [0.25, 0.3) is 0 Å². The molecule has 0 saturated carbocycles. The van der Waals surface area contributed by atoms with E-state index in [9.17, 15) is 34.2 Å². The van der Waals surface area contributed by atoms with Crippen LogP contribution >= 0.6 is 0 Å². The first-order valence-electron chi connectivity index (χ1n) is 13.0. The summed E-state index contributed by atoms with van der Waals surface area (Å²) >= 11 is 0. The summed E-state index contributed by atoms with van der Waals surface area (Å²) < 4.78 is 0. The number of aromatic hydroxyl groups is 1. The topological polar surface area (TPSA) is 194 Å². The molecule has 7 N–H and O–H groups in total. The first-order valence-corrected chi connectivity index (χ1v) is 13.0. The largest absolute Gasteiger partial charge is 0.508 e. The van der Waals surface area contributed by atoms with E-state index in [0.29, 0.717) is 24.1 Å². The fourth-order valence-corrected chi connectivity index (χ4v) is 4.39. The van der Waals surface area contributed by atoms with Crippen LogP contribution in [0.15, 0.2) is 54.6 Å². The fraction of sp³-hybridized carbons (Fsp3) is 0.393. The molecular formula is C28H34N4O8. The van der Waals surface area contributed by atoms with Crippen molar-refractivity contribution in [2.45, 2.75) is 62.7 Å². The van der Waals surface area contributed by atoms with Gasteiger partial charge in [-0.05, 0) is 49.1 Å². The SMILES string of the molecule is O=C(O)CCC(NC(=O)C1CCCN1)C(=O)NC(Cc1ccc(O)cc1)C(=O)NC(Cc1ccccc1)C(=O)O. The molecule has 4 atom stereocenters. The highest BCUT2D eigenvalue weighted by Crippen LogP contribution is 2.13. The fourth-order valence-electron chi connectivity index (χ4n) is 4.39. The van der Waals surface area contributed by atoms with Crippen LogP contribution in [0, 0.1) is 0 Å². The normalized spacial score (nSPS) is 16.8. The van der Waals surface area contributed by atoms with Gasteiger partial charge >= 0.3 is 11.9 Å². The molecule has 40 heavy (non-hydrogen) atoms. The van der Waals surface area contributed by atoms with E-state index in [1.165, 1.54) is 12.1 Å². The van der Waals surface area contributed by atoms with Gasteiger partial charge in [0.2, 0.25) is 17.7 Å². The highest BCUT2D eigenvalue weighted by molar-refractivity contribution is 5.94. The van der Waals surface area contributed by atoms with Gasteiger partial charge < -0.3 is 36.6 Å². The molecule has 3 amide bonds. The maximum atomic E-state index is 13.3. The van der Waals surface area contributed by atoms with Crippen LogP contribution in [0.3, 0.4) is 0 Å². The number of benzene rings is 2. The zero-order valence-corrected chi connectivity index (χ0v) is 21.8. The summed E-state index contributed by atoms with van der Waals surface area (Å²) in [5, 5.41) is 39.2. The number of carboxylic acids is 2. The van der Waals surface area contributed by atoms with Crippen LogP contribution in [-0.4, -0.2) is 75.7 Å². The average Bonchev–Trinajstić information content (AvgIpc) is 3.47. The molecule has 12 nitrogen and oxygen atoms in total. The molecule has 1 saturated heterocycles. The van der Waals surface area contributed by atoms with E-state index in [1.807, 2.05) is 0 Å². The Morgan fingerprint density at radius 3 is 2.00 bits per heavy atom. The molecule has 0 aliphatic carbocycles. The minimum absolute atomic E-state index is 0.000409. The Balaban J connectivity index is 1.79. The van der Waals surface area contributed by atoms with Crippen molar-refractivity contribution in [2.24, 2.45) is 0 Å². The molecule has 4 unspecified atom stereocenters. The third kappa shape index (κ3) is 9.38. The molecule has 1 fully saturated rings. The Bertz CT molecular complexity index is 1180. The van der Waals surface area contributed by atoms with Gasteiger partial charge in [-0.1, -0.05) is 42.5 Å². The molecule has 1 aliphatic heterocycles. The molecule has 3 rings (SSSR count). The third-order valence-corrected chi connectivity index (χ3v) is 6.56. The van der Waals surface area contributed by atoms with Crippen molar-refractivity contribution in [3.8, 4) is 5.75 Å². The van der Waals surface area contributed by atoms with Crippen LogP contribution in [0.1, 0.15) is 36.8 Å². The number of carbonyl (C=O) groups excluding carboxylic acids is 3. The number of phenols is 1. The van der Waals surface area contributed by atoms with E-state index in [-0.39, 0.29) is 25.0 Å². The summed E-state index contributed by atoms with van der Waals surface area (Å²) in [6, 6.07) is 10.4. The second-order valence-electron chi connectivity index (χ2n) is 9.66. The average molecular weight is 555 g/mol. The van der Waals surface area contributed by atoms with Crippen LogP contribution < -0.4 is 21.3 Å². The van der Waals surface area contributed by atoms with E-state index in [4.69, 9.17) is 5.11 Å². The number of phenolic OH excluding ortho intramolecular Hbond substituents is 1. The van der Waals surface area contributed by atoms with E-state index in [2.05, 4.69) is 21.3 Å². The van der Waals surface area contributed by atoms with Crippen LogP contribution in [0.4, 0.5) is 0 Å². The molecule has 0 bridgehead atoms. The lowest BCUT2D eigenvalue weighted by Crippen LogP contribution is -2.57. The van der Waals surface area contributed by atoms with Gasteiger partial charge in [0.05, 0.1) is 6.04 Å². The number of hydrogen-bond donors (Lipinski definition) is 7. The zero-order chi connectivity index (χ0) is 29.1. The van der Waals surface area contributed by atoms with Gasteiger partial charge in [-0.25, -0.2) is 4.79 Å². The highest BCUT2D eigenvalue weighted by atomic mass is 16.4. The van der Waals surface area contributed by atoms with Crippen molar-refractivity contribution in [1.82, 2.24) is 21.3 Å². The van der Waals surface area contributed by atoms with Gasteiger partial charge in [0.15, 0.2) is 0 Å². The summed E-state index contributed by atoms with van der Waals surface area (Å²) in [7, 11) is 0. The van der Waals surface area contributed by atoms with Gasteiger partial charge in [-0.15, -0.1) is 0 Å². The molecular weight excluding hydrogens is 520 g/mol. The van der Waals surface area contributed by atoms with Crippen molar-refractivity contribution < 1.29 is 39.3 Å². The monoisotopic (exact) mass is 554 g/mol. The number of rotatable bonds is 14. The van der Waals surface area contributed by atoms with Gasteiger partial charge in [-0.2, -0.15) is 0 Å². The lowest BCUT2D eigenvalue weighted by molar-refractivity contribution is -0.142. The second kappa shape index (κ2) is 14.6. The smallest absolute Gasteiger partial charge is 0.326 e. The summed E-state index contributed by atoms with van der Waals surface area (Å²) in [5.74, 6) is -4.42. The minimum Gasteiger partial charge on any atom is -0.508 e. The first kappa shape index (κ1) is 30.1. The molecule has 0 aromatic heterocycles. The second-order valence-corrected chi connectivity index (χ2v) is 9.66. The van der Waals surface area contributed by atoms with Crippen molar-refractivity contribution in [3.63, 3.8) is 0 Å². The molecule has 214 valence electrons. The van der Waals surface area contributed by atoms with Gasteiger partial charge in [0.1, 0.15) is 23.9 Å². The quantitative estimate of drug-likeness (QED) is 0.172. The highest BCUT2D eigenvalue weighted by Gasteiger charge is 2.32. The van der Waals surface area contributed by atoms with Crippen molar-refractivity contribution in [2.75, 3.05) is 6.54 Å². The maximum Gasteiger partial charge on any atom is 0.326 e. The Kier molecular flexibility index (Phi) is 11.0. The Labute approximate surface area is 231 Å². The van der Waals surface area contributed by atoms with Crippen molar-refractivity contribution >= 4 is 29.7 Å². The third-order valence-electron chi connectivity index (χ3n) is 6.56. The molecule has 12 heteroatoms. The Morgan fingerprint density at radius 2 is 1.40 bits per heavy atom. The summed E-state index contributed by atoms with van der Waals surface area (Å²) in [6.07, 6.45) is 0.699. The molecule has 1 heterocycles. The summed E-state index contributed by atoms with van der Waals surface area (Å²) in [4.78, 5) is 62.5. The van der Waals surface area contributed by atoms with E-state index < -0.39 is 60.2 Å². The van der Waals surface area contributed by atoms with Crippen LogP contribution in [0.2, 0.25) is 0 Å². The standard InChI is InChI=1S/C28H34N4O8/c33-19-10-8-18(9-11-19)15-22(27(38)32-23(28(39)40)16-17-5-2-1-3-6-17)31-26(37)21(12-13-24(34)35)30-25(36)20-7-4-14-29-20/h1-3,5-6,8-11,20-23,29,33H,4,7,12-16H2,(H,30,36)(H,31,37)(H,32,38)(H,34,35)(H,39,40). The number of carboxylic acid groups (broad SMARTS) is 2. The lowest BCUT2D eigenvalue weighted by Gasteiger charge is -2.25. The number of carbonyl (C=O) groups is 5. The number of hydrogen-bond acceptors (Lipinski definition) is 7. The predicted octanol–water partition coefficient (Wildman–Crippen LogP) is 0.333. The molecule has 1 aliphatic rings. The number of aliphatic carboxylic acids is 2. The number of amides is 3. The summed E-state index contributed by atoms with van der Waals surface area (Å²) in [6.45, 7) is 0.646. The predicted molar refractivity (Wildman–Crippen MR) is 143 cm³/mol. The van der Waals surface area contributed by atoms with Crippen LogP contribution in [0.5, 0.6) is 5.75 Å². The summed E-state index contributed by atoms with van der Waals surface area (Å²) in [5.41, 5.74) is 1.25. The molecule has 0 spiro atoms. The van der Waals surface area contributed by atoms with Gasteiger partial charge in [0, 0.05) is 19.3 Å². The maximum absolute atomic E-state index is 13.3. The van der Waals surface area contributed by atoms with Gasteiger partial charge in [0.25, 0.3) is 0 Å². The van der Waals surface area contributed by atoms with Gasteiger partial charge in [-0.3, -0.25) is 19.2 Å². The van der Waals surface area contributed by atoms with Crippen LogP contribution in [-0.2, 0) is 36.8 Å². The number of nitrogens with one attached hydrogen (secondary N) is 4. The van der Waals surface area contributed by atoms with E-state index in [0.717, 1.165) is 6.42 Å². The van der Waals surface area contributed by atoms with E-state index in [1.54, 1.807) is 42.5 Å². The zero-order valence-electron chi connectivity index (χ0n) is 21.8. The molecule has 2 aromatic carbocycles. The van der Waals surface area contributed by atoms with Crippen molar-refractivity contribution in [3.05, 3.63) is 65.7 Å². The molecule has 2 aromatic rings. The first-order chi connectivity index (χ1) is 19.1. The van der Waals surface area contributed by atoms with Crippen molar-refractivity contribution in [1.29, 1.82) is 0 Å².